The third-order valence-corrected chi connectivity index (χ3v) is 4.10. The first-order chi connectivity index (χ1) is 6.36. The molecule has 0 radical (unpaired) electrons. The Balaban J connectivity index is 1.82. The monoisotopic (exact) mass is 196 g/mol. The van der Waals surface area contributed by atoms with Crippen LogP contribution in [-0.2, 0) is 12.8 Å². The van der Waals surface area contributed by atoms with Crippen LogP contribution < -0.4 is 0 Å². The van der Waals surface area contributed by atoms with E-state index >= 15 is 0 Å². The molecule has 2 rings (SSSR count). The minimum atomic E-state index is 0.912. The number of hydrogen-bond donors (Lipinski definition) is 0. The molecule has 0 bridgehead atoms. The molecule has 1 fully saturated rings. The van der Waals surface area contributed by atoms with E-state index in [1.54, 1.807) is 0 Å². The first-order valence-electron chi connectivity index (χ1n) is 4.95. The van der Waals surface area contributed by atoms with Crippen molar-refractivity contribution in [2.24, 2.45) is 7.05 Å². The van der Waals surface area contributed by atoms with Crippen molar-refractivity contribution in [3.63, 3.8) is 0 Å². The van der Waals surface area contributed by atoms with E-state index in [9.17, 15) is 0 Å². The Labute approximate surface area is 83.7 Å². The number of nitrogens with zero attached hydrogens (tertiary/aromatic N) is 2. The summed E-state index contributed by atoms with van der Waals surface area (Å²) in [5.41, 5.74) is 1.34. The van der Waals surface area contributed by atoms with E-state index in [1.807, 2.05) is 17.9 Å². The Bertz CT molecular complexity index is 264. The average Bonchev–Trinajstić information content (AvgIpc) is 2.72. The lowest BCUT2D eigenvalue weighted by Crippen LogP contribution is -2.00. The summed E-state index contributed by atoms with van der Waals surface area (Å²) in [6.45, 7) is 0. The van der Waals surface area contributed by atoms with Gasteiger partial charge in [-0.15, -0.1) is 0 Å². The van der Waals surface area contributed by atoms with Gasteiger partial charge in [-0.2, -0.15) is 16.9 Å². The number of aryl methyl sites for hydroxylation is 1. The highest BCUT2D eigenvalue weighted by molar-refractivity contribution is 7.99. The van der Waals surface area contributed by atoms with Crippen LogP contribution in [0.3, 0.4) is 0 Å². The van der Waals surface area contributed by atoms with Gasteiger partial charge in [-0.25, -0.2) is 0 Å². The van der Waals surface area contributed by atoms with Crippen LogP contribution >= 0.6 is 11.8 Å². The maximum atomic E-state index is 4.17. The molecule has 0 aliphatic heterocycles. The minimum absolute atomic E-state index is 0.912. The molecule has 72 valence electrons. The third-order valence-electron chi connectivity index (χ3n) is 2.69. The van der Waals surface area contributed by atoms with Gasteiger partial charge in [0.1, 0.15) is 0 Å². The Kier molecular flexibility index (Phi) is 2.94. The molecule has 0 aromatic carbocycles. The second-order valence-corrected chi connectivity index (χ2v) is 4.95. The van der Waals surface area contributed by atoms with Crippen molar-refractivity contribution in [2.75, 3.05) is 0 Å². The lowest BCUT2D eigenvalue weighted by molar-refractivity contribution is 0.735. The van der Waals surface area contributed by atoms with Crippen LogP contribution in [0.5, 0.6) is 0 Å². The molecule has 0 spiro atoms. The molecular formula is C10H16N2S. The molecule has 2 nitrogen and oxygen atoms in total. The van der Waals surface area contributed by atoms with Crippen LogP contribution in [0.1, 0.15) is 31.4 Å². The predicted octanol–water partition coefficient (Wildman–Crippen LogP) is 2.60. The highest BCUT2D eigenvalue weighted by Crippen LogP contribution is 2.31. The topological polar surface area (TPSA) is 17.8 Å². The van der Waals surface area contributed by atoms with E-state index in [-0.39, 0.29) is 0 Å². The van der Waals surface area contributed by atoms with E-state index in [4.69, 9.17) is 0 Å². The van der Waals surface area contributed by atoms with Crippen molar-refractivity contribution in [1.82, 2.24) is 9.78 Å². The van der Waals surface area contributed by atoms with Gasteiger partial charge in [0.2, 0.25) is 0 Å². The largest absolute Gasteiger partial charge is 0.272 e. The fourth-order valence-corrected chi connectivity index (χ4v) is 3.16. The van der Waals surface area contributed by atoms with E-state index in [0.717, 1.165) is 11.0 Å². The molecule has 1 aromatic rings. The van der Waals surface area contributed by atoms with Gasteiger partial charge in [-0.1, -0.05) is 12.8 Å². The Morgan fingerprint density at radius 3 is 2.92 bits per heavy atom. The number of hydrogen-bond acceptors (Lipinski definition) is 2. The molecule has 0 N–H and O–H groups in total. The van der Waals surface area contributed by atoms with Crippen molar-refractivity contribution in [3.05, 3.63) is 18.0 Å². The van der Waals surface area contributed by atoms with Crippen LogP contribution in [0.4, 0.5) is 0 Å². The summed E-state index contributed by atoms with van der Waals surface area (Å²) in [4.78, 5) is 0. The summed E-state index contributed by atoms with van der Waals surface area (Å²) in [7, 11) is 2.02. The zero-order valence-corrected chi connectivity index (χ0v) is 8.89. The number of rotatable bonds is 3. The molecule has 1 aromatic heterocycles. The van der Waals surface area contributed by atoms with Crippen molar-refractivity contribution in [3.8, 4) is 0 Å². The van der Waals surface area contributed by atoms with Gasteiger partial charge >= 0.3 is 0 Å². The summed E-state index contributed by atoms with van der Waals surface area (Å²) >= 11 is 2.10. The molecule has 1 heterocycles. The van der Waals surface area contributed by atoms with Crippen LogP contribution in [-0.4, -0.2) is 15.0 Å². The van der Waals surface area contributed by atoms with Gasteiger partial charge in [0, 0.05) is 29.9 Å². The van der Waals surface area contributed by atoms with Crippen LogP contribution in [0.15, 0.2) is 12.3 Å². The van der Waals surface area contributed by atoms with Crippen LogP contribution in [0.25, 0.3) is 0 Å². The highest BCUT2D eigenvalue weighted by atomic mass is 32.2. The average molecular weight is 196 g/mol. The molecule has 3 heteroatoms. The summed E-state index contributed by atoms with van der Waals surface area (Å²) < 4.78 is 1.97. The standard InChI is InChI=1S/C10H16N2S/c1-12-9(6-7-11-12)8-13-10-4-2-3-5-10/h6-7,10H,2-5,8H2,1H3. The summed E-state index contributed by atoms with van der Waals surface area (Å²) in [6, 6.07) is 2.11. The maximum absolute atomic E-state index is 4.17. The van der Waals surface area contributed by atoms with E-state index in [2.05, 4.69) is 22.9 Å². The second-order valence-electron chi connectivity index (χ2n) is 3.66. The summed E-state index contributed by atoms with van der Waals surface area (Å²) in [6.07, 6.45) is 7.59. The Hall–Kier alpha value is -0.440. The van der Waals surface area contributed by atoms with Crippen molar-refractivity contribution < 1.29 is 0 Å². The molecule has 1 aliphatic carbocycles. The fourth-order valence-electron chi connectivity index (χ4n) is 1.80. The molecule has 1 saturated carbocycles. The summed E-state index contributed by atoms with van der Waals surface area (Å²) in [5.74, 6) is 1.13. The molecule has 0 atom stereocenters. The maximum Gasteiger partial charge on any atom is 0.0492 e. The second kappa shape index (κ2) is 4.18. The van der Waals surface area contributed by atoms with Crippen LogP contribution in [0.2, 0.25) is 0 Å². The van der Waals surface area contributed by atoms with Gasteiger partial charge in [0.25, 0.3) is 0 Å². The van der Waals surface area contributed by atoms with Gasteiger partial charge in [0.15, 0.2) is 0 Å². The fraction of sp³-hybridized carbons (Fsp3) is 0.700. The molecule has 0 unspecified atom stereocenters. The first kappa shape index (κ1) is 9.13. The van der Waals surface area contributed by atoms with Crippen molar-refractivity contribution >= 4 is 11.8 Å². The molecular weight excluding hydrogens is 180 g/mol. The lowest BCUT2D eigenvalue weighted by atomic mass is 10.4. The lowest BCUT2D eigenvalue weighted by Gasteiger charge is -2.07. The Morgan fingerprint density at radius 1 is 1.54 bits per heavy atom. The van der Waals surface area contributed by atoms with Gasteiger partial charge in [-0.3, -0.25) is 4.68 Å². The number of thioether (sulfide) groups is 1. The zero-order chi connectivity index (χ0) is 9.10. The quantitative estimate of drug-likeness (QED) is 0.739. The normalized spacial score (nSPS) is 18.2. The Morgan fingerprint density at radius 2 is 2.31 bits per heavy atom. The smallest absolute Gasteiger partial charge is 0.0492 e. The van der Waals surface area contributed by atoms with E-state index < -0.39 is 0 Å². The van der Waals surface area contributed by atoms with Gasteiger partial charge in [-0.05, 0) is 18.9 Å². The third kappa shape index (κ3) is 2.27. The minimum Gasteiger partial charge on any atom is -0.272 e. The van der Waals surface area contributed by atoms with Crippen molar-refractivity contribution in [2.45, 2.75) is 36.7 Å². The predicted molar refractivity (Wildman–Crippen MR) is 56.8 cm³/mol. The molecule has 13 heavy (non-hydrogen) atoms. The summed E-state index contributed by atoms with van der Waals surface area (Å²) in [5, 5.41) is 5.08. The van der Waals surface area contributed by atoms with E-state index in [1.165, 1.54) is 31.4 Å². The zero-order valence-electron chi connectivity index (χ0n) is 8.07. The van der Waals surface area contributed by atoms with E-state index in [0.29, 0.717) is 0 Å². The van der Waals surface area contributed by atoms with Crippen LogP contribution in [0, 0.1) is 0 Å². The van der Waals surface area contributed by atoms with Gasteiger partial charge in [0.05, 0.1) is 0 Å². The highest BCUT2D eigenvalue weighted by Gasteiger charge is 2.15. The van der Waals surface area contributed by atoms with Gasteiger partial charge < -0.3 is 0 Å². The van der Waals surface area contributed by atoms with Crippen molar-refractivity contribution in [1.29, 1.82) is 0 Å². The first-order valence-corrected chi connectivity index (χ1v) is 5.99. The number of aromatic nitrogens is 2. The molecule has 0 amide bonds. The molecule has 0 saturated heterocycles. The SMILES string of the molecule is Cn1nccc1CSC1CCCC1. The molecule has 1 aliphatic rings.